The summed E-state index contributed by atoms with van der Waals surface area (Å²) in [6.07, 6.45) is 3.19. The topological polar surface area (TPSA) is 15.3 Å². The fourth-order valence-corrected chi connectivity index (χ4v) is 1.58. The van der Waals surface area contributed by atoms with Crippen LogP contribution in [0.4, 0.5) is 0 Å². The van der Waals surface area contributed by atoms with Crippen molar-refractivity contribution in [3.05, 3.63) is 12.7 Å². The average Bonchev–Trinajstić information content (AvgIpc) is 2.09. The van der Waals surface area contributed by atoms with Crippen molar-refractivity contribution in [1.82, 2.24) is 10.2 Å². The molecule has 0 aromatic carbocycles. The smallest absolute Gasteiger partial charge is 0.0111 e. The molecule has 0 aliphatic heterocycles. The summed E-state index contributed by atoms with van der Waals surface area (Å²) in [5, 5.41) is 3.42. The van der Waals surface area contributed by atoms with Crippen LogP contribution in [-0.4, -0.2) is 50.1 Å². The highest BCUT2D eigenvalue weighted by molar-refractivity contribution is 7.99. The molecule has 0 bridgehead atoms. The Morgan fingerprint density at radius 1 is 1.38 bits per heavy atom. The zero-order chi connectivity index (χ0) is 9.94. The van der Waals surface area contributed by atoms with Crippen LogP contribution >= 0.6 is 11.8 Å². The van der Waals surface area contributed by atoms with Gasteiger partial charge in [0.15, 0.2) is 0 Å². The Hall–Kier alpha value is 0.01000. The quantitative estimate of drug-likeness (QED) is 0.450. The van der Waals surface area contributed by atoms with Crippen LogP contribution in [0.5, 0.6) is 0 Å². The Labute approximate surface area is 86.8 Å². The minimum Gasteiger partial charge on any atom is -0.316 e. The SMILES string of the molecule is C=CCSCCNCCCN(C)C. The molecule has 0 aromatic rings. The highest BCUT2D eigenvalue weighted by Gasteiger charge is 1.90. The van der Waals surface area contributed by atoms with Gasteiger partial charge in [-0.05, 0) is 33.6 Å². The first-order valence-electron chi connectivity index (χ1n) is 4.81. The van der Waals surface area contributed by atoms with Crippen LogP contribution in [0.2, 0.25) is 0 Å². The van der Waals surface area contributed by atoms with E-state index in [0.29, 0.717) is 0 Å². The molecule has 0 saturated carbocycles. The van der Waals surface area contributed by atoms with E-state index in [-0.39, 0.29) is 0 Å². The van der Waals surface area contributed by atoms with Gasteiger partial charge in [0.1, 0.15) is 0 Å². The summed E-state index contributed by atoms with van der Waals surface area (Å²) in [6, 6.07) is 0. The lowest BCUT2D eigenvalue weighted by Gasteiger charge is -2.09. The Morgan fingerprint density at radius 3 is 2.77 bits per heavy atom. The number of thioether (sulfide) groups is 1. The molecule has 0 spiro atoms. The van der Waals surface area contributed by atoms with E-state index in [1.54, 1.807) is 0 Å². The third kappa shape index (κ3) is 12.0. The van der Waals surface area contributed by atoms with Crippen molar-refractivity contribution >= 4 is 11.8 Å². The molecule has 0 saturated heterocycles. The van der Waals surface area contributed by atoms with Gasteiger partial charge in [0.2, 0.25) is 0 Å². The molecule has 1 N–H and O–H groups in total. The Balaban J connectivity index is 2.87. The summed E-state index contributed by atoms with van der Waals surface area (Å²) in [5.41, 5.74) is 0. The molecular formula is C10H22N2S. The van der Waals surface area contributed by atoms with Gasteiger partial charge in [-0.1, -0.05) is 6.08 Å². The van der Waals surface area contributed by atoms with Crippen molar-refractivity contribution < 1.29 is 0 Å². The Kier molecular flexibility index (Phi) is 10.1. The zero-order valence-electron chi connectivity index (χ0n) is 8.88. The van der Waals surface area contributed by atoms with Crippen molar-refractivity contribution in [2.75, 3.05) is 45.2 Å². The van der Waals surface area contributed by atoms with Crippen LogP contribution in [0, 0.1) is 0 Å². The van der Waals surface area contributed by atoms with Crippen molar-refractivity contribution in [3.8, 4) is 0 Å². The number of rotatable bonds is 9. The molecule has 3 heteroatoms. The van der Waals surface area contributed by atoms with Gasteiger partial charge < -0.3 is 10.2 Å². The number of nitrogens with zero attached hydrogens (tertiary/aromatic N) is 1. The average molecular weight is 202 g/mol. The molecule has 0 aromatic heterocycles. The Morgan fingerprint density at radius 2 is 2.15 bits per heavy atom. The maximum atomic E-state index is 3.68. The molecule has 13 heavy (non-hydrogen) atoms. The van der Waals surface area contributed by atoms with Gasteiger partial charge in [0, 0.05) is 18.1 Å². The summed E-state index contributed by atoms with van der Waals surface area (Å²) in [7, 11) is 4.22. The molecule has 0 rings (SSSR count). The van der Waals surface area contributed by atoms with Gasteiger partial charge in [-0.3, -0.25) is 0 Å². The lowest BCUT2D eigenvalue weighted by molar-refractivity contribution is 0.396. The zero-order valence-corrected chi connectivity index (χ0v) is 9.70. The van der Waals surface area contributed by atoms with E-state index < -0.39 is 0 Å². The van der Waals surface area contributed by atoms with E-state index in [0.717, 1.165) is 18.8 Å². The molecule has 0 fully saturated rings. The molecule has 0 atom stereocenters. The molecule has 0 heterocycles. The first kappa shape index (κ1) is 13.0. The van der Waals surface area contributed by atoms with Crippen molar-refractivity contribution in [2.24, 2.45) is 0 Å². The van der Waals surface area contributed by atoms with Crippen LogP contribution in [0.25, 0.3) is 0 Å². The van der Waals surface area contributed by atoms with Crippen molar-refractivity contribution in [1.29, 1.82) is 0 Å². The molecular weight excluding hydrogens is 180 g/mol. The van der Waals surface area contributed by atoms with Crippen LogP contribution < -0.4 is 5.32 Å². The lowest BCUT2D eigenvalue weighted by Crippen LogP contribution is -2.23. The van der Waals surface area contributed by atoms with E-state index in [2.05, 4.69) is 30.9 Å². The first-order valence-corrected chi connectivity index (χ1v) is 5.97. The van der Waals surface area contributed by atoms with E-state index in [9.17, 15) is 0 Å². The Bertz CT molecular complexity index is 115. The number of hydrogen-bond acceptors (Lipinski definition) is 3. The second-order valence-electron chi connectivity index (χ2n) is 3.27. The predicted octanol–water partition coefficient (Wildman–Crippen LogP) is 1.45. The highest BCUT2D eigenvalue weighted by atomic mass is 32.2. The number of hydrogen-bond donors (Lipinski definition) is 1. The summed E-state index contributed by atoms with van der Waals surface area (Å²) >= 11 is 1.93. The molecule has 0 aliphatic carbocycles. The molecule has 78 valence electrons. The second kappa shape index (κ2) is 10.1. The normalized spacial score (nSPS) is 10.7. The van der Waals surface area contributed by atoms with Gasteiger partial charge in [-0.25, -0.2) is 0 Å². The van der Waals surface area contributed by atoms with E-state index in [4.69, 9.17) is 0 Å². The molecule has 0 aliphatic rings. The third-order valence-corrected chi connectivity index (χ3v) is 2.58. The standard InChI is InChI=1S/C10H22N2S/c1-4-9-13-10-7-11-6-5-8-12(2)3/h4,11H,1,5-10H2,2-3H3. The largest absolute Gasteiger partial charge is 0.316 e. The van der Waals surface area contributed by atoms with E-state index >= 15 is 0 Å². The van der Waals surface area contributed by atoms with Crippen LogP contribution in [0.15, 0.2) is 12.7 Å². The second-order valence-corrected chi connectivity index (χ2v) is 4.42. The molecule has 0 radical (unpaired) electrons. The monoisotopic (exact) mass is 202 g/mol. The molecule has 0 amide bonds. The first-order chi connectivity index (χ1) is 6.27. The summed E-state index contributed by atoms with van der Waals surface area (Å²) in [6.45, 7) is 7.10. The van der Waals surface area contributed by atoms with Gasteiger partial charge in [0.25, 0.3) is 0 Å². The van der Waals surface area contributed by atoms with Gasteiger partial charge >= 0.3 is 0 Å². The molecule has 0 unspecified atom stereocenters. The van der Waals surface area contributed by atoms with Gasteiger partial charge in [-0.15, -0.1) is 6.58 Å². The predicted molar refractivity (Wildman–Crippen MR) is 63.6 cm³/mol. The van der Waals surface area contributed by atoms with E-state index in [1.807, 2.05) is 17.8 Å². The van der Waals surface area contributed by atoms with Crippen LogP contribution in [-0.2, 0) is 0 Å². The number of nitrogens with one attached hydrogen (secondary N) is 1. The van der Waals surface area contributed by atoms with E-state index in [1.165, 1.54) is 18.7 Å². The lowest BCUT2D eigenvalue weighted by atomic mass is 10.4. The minimum atomic E-state index is 1.07. The summed E-state index contributed by atoms with van der Waals surface area (Å²) in [4.78, 5) is 2.22. The van der Waals surface area contributed by atoms with Crippen molar-refractivity contribution in [3.63, 3.8) is 0 Å². The fourth-order valence-electron chi connectivity index (χ4n) is 0.956. The summed E-state index contributed by atoms with van der Waals surface area (Å²) < 4.78 is 0. The van der Waals surface area contributed by atoms with Crippen molar-refractivity contribution in [2.45, 2.75) is 6.42 Å². The van der Waals surface area contributed by atoms with Gasteiger partial charge in [-0.2, -0.15) is 11.8 Å². The highest BCUT2D eigenvalue weighted by Crippen LogP contribution is 1.96. The third-order valence-electron chi connectivity index (χ3n) is 1.62. The maximum absolute atomic E-state index is 3.68. The van der Waals surface area contributed by atoms with Crippen LogP contribution in [0.1, 0.15) is 6.42 Å². The minimum absolute atomic E-state index is 1.07. The summed E-state index contributed by atoms with van der Waals surface area (Å²) in [5.74, 6) is 2.26. The van der Waals surface area contributed by atoms with Crippen LogP contribution in [0.3, 0.4) is 0 Å². The fraction of sp³-hybridized carbons (Fsp3) is 0.800. The van der Waals surface area contributed by atoms with Gasteiger partial charge in [0.05, 0.1) is 0 Å². The maximum Gasteiger partial charge on any atom is 0.0111 e. The molecule has 2 nitrogen and oxygen atoms in total.